The summed E-state index contributed by atoms with van der Waals surface area (Å²) in [5.41, 5.74) is 15.1. The number of benzene rings is 13. The Kier molecular flexibility index (Phi) is 10.7. The molecule has 0 spiro atoms. The molecule has 0 fully saturated rings. The third-order valence-electron chi connectivity index (χ3n) is 18.5. The van der Waals surface area contributed by atoms with Crippen LogP contribution in [-0.2, 0) is 0 Å². The van der Waals surface area contributed by atoms with Crippen LogP contribution >= 0.6 is 34.0 Å². The zero-order valence-corrected chi connectivity index (χ0v) is 50.4. The molecule has 0 atom stereocenters. The summed E-state index contributed by atoms with van der Waals surface area (Å²) >= 11 is 5.55. The Morgan fingerprint density at radius 1 is 0.200 bits per heavy atom. The third-order valence-corrected chi connectivity index (χ3v) is 21.9. The standard InChI is InChI=1S/C81H46N6S3/c1-7-22-67-55(16-1)58-34-28-47(50-31-37-64-61-19-4-10-25-73(61)88-76(64)44-50)41-70(58)85(67)54-15-13-14-53(40-54)79-82-80(86-68-23-8-2-17-56(68)59-35-29-48(42-71(59)86)51-32-38-65-62-20-5-11-26-74(62)89-77(65)45-51)84-81(83-79)87-69-24-9-3-18-57(69)60-36-30-49(43-72(60)87)52-33-39-66-63-21-6-12-27-75(63)90-78(66)46-52/h1-46H. The Morgan fingerprint density at radius 2 is 0.511 bits per heavy atom. The first-order chi connectivity index (χ1) is 44.6. The van der Waals surface area contributed by atoms with Crippen molar-refractivity contribution in [1.82, 2.24) is 28.7 Å². The van der Waals surface area contributed by atoms with Gasteiger partial charge in [0.25, 0.3) is 0 Å². The number of para-hydroxylation sites is 3. The monoisotopic (exact) mass is 1200 g/mol. The maximum Gasteiger partial charge on any atom is 0.240 e. The van der Waals surface area contributed by atoms with Crippen molar-refractivity contribution in [2.24, 2.45) is 0 Å². The fourth-order valence-corrected chi connectivity index (χ4v) is 17.8. The van der Waals surface area contributed by atoms with Crippen LogP contribution in [0.2, 0.25) is 0 Å². The maximum atomic E-state index is 5.71. The quantitative estimate of drug-likeness (QED) is 0.160. The molecule has 0 aliphatic carbocycles. The maximum absolute atomic E-state index is 5.71. The number of aromatic nitrogens is 6. The van der Waals surface area contributed by atoms with E-state index >= 15 is 0 Å². The molecule has 9 heteroatoms. The molecule has 418 valence electrons. The topological polar surface area (TPSA) is 53.5 Å². The van der Waals surface area contributed by atoms with Crippen molar-refractivity contribution in [1.29, 1.82) is 0 Å². The molecule has 7 aromatic heterocycles. The van der Waals surface area contributed by atoms with Crippen molar-refractivity contribution >= 4 is 160 Å². The fourth-order valence-electron chi connectivity index (χ4n) is 14.3. The Bertz CT molecular complexity index is 6200. The summed E-state index contributed by atoms with van der Waals surface area (Å²) in [6.45, 7) is 0. The molecule has 0 saturated heterocycles. The van der Waals surface area contributed by atoms with Gasteiger partial charge in [0.2, 0.25) is 11.9 Å². The van der Waals surface area contributed by atoms with Crippen LogP contribution in [0, 0.1) is 0 Å². The van der Waals surface area contributed by atoms with Gasteiger partial charge in [-0.15, -0.1) is 34.0 Å². The van der Waals surface area contributed by atoms with Crippen LogP contribution in [0.3, 0.4) is 0 Å². The number of fused-ring (bicyclic) bond motifs is 18. The first-order valence-corrected chi connectivity index (χ1v) is 32.7. The van der Waals surface area contributed by atoms with Crippen LogP contribution in [0.1, 0.15) is 0 Å². The van der Waals surface area contributed by atoms with E-state index < -0.39 is 0 Å². The molecule has 20 rings (SSSR count). The lowest BCUT2D eigenvalue weighted by atomic mass is 10.0. The van der Waals surface area contributed by atoms with Crippen LogP contribution < -0.4 is 0 Å². The largest absolute Gasteiger partial charge is 0.309 e. The van der Waals surface area contributed by atoms with E-state index in [1.54, 1.807) is 0 Å². The lowest BCUT2D eigenvalue weighted by Gasteiger charge is -2.14. The average molecular weight is 1200 g/mol. The predicted octanol–water partition coefficient (Wildman–Crippen LogP) is 22.9. The molecule has 0 N–H and O–H groups in total. The van der Waals surface area contributed by atoms with Gasteiger partial charge >= 0.3 is 0 Å². The van der Waals surface area contributed by atoms with E-state index in [9.17, 15) is 0 Å². The second-order valence-corrected chi connectivity index (χ2v) is 26.7. The normalized spacial score (nSPS) is 12.2. The SMILES string of the molecule is c1cc(-c2nc(-n3c4ccccc4c4ccc(-c5ccc6c(c5)sc5ccccc56)cc43)nc(-n3c4ccccc4c4ccc(-c5ccc6c(c5)sc5ccccc56)cc43)n2)cc(-n2c3ccccc3c3ccc(-c4ccc5c(c4)sc4ccccc45)cc32)c1. The summed E-state index contributed by atoms with van der Waals surface area (Å²) < 4.78 is 14.6. The first-order valence-electron chi connectivity index (χ1n) is 30.3. The van der Waals surface area contributed by atoms with Gasteiger partial charge in [0.15, 0.2) is 5.82 Å². The minimum atomic E-state index is 0.526. The minimum absolute atomic E-state index is 0.526. The second kappa shape index (κ2) is 19.2. The Balaban J connectivity index is 0.808. The zero-order chi connectivity index (χ0) is 58.7. The van der Waals surface area contributed by atoms with Crippen LogP contribution in [-0.4, -0.2) is 28.7 Å². The molecule has 13 aromatic carbocycles. The van der Waals surface area contributed by atoms with E-state index in [4.69, 9.17) is 15.0 Å². The van der Waals surface area contributed by atoms with Gasteiger partial charge in [0.1, 0.15) is 0 Å². The molecule has 0 amide bonds. The van der Waals surface area contributed by atoms with Crippen molar-refractivity contribution in [3.8, 4) is 62.4 Å². The van der Waals surface area contributed by atoms with Gasteiger partial charge in [-0.1, -0.05) is 194 Å². The lowest BCUT2D eigenvalue weighted by Crippen LogP contribution is -2.10. The molecule has 0 bridgehead atoms. The lowest BCUT2D eigenvalue weighted by molar-refractivity contribution is 0.892. The van der Waals surface area contributed by atoms with E-state index in [0.29, 0.717) is 17.7 Å². The summed E-state index contributed by atoms with van der Waals surface area (Å²) in [7, 11) is 0. The van der Waals surface area contributed by atoms with Crippen LogP contribution in [0.5, 0.6) is 0 Å². The molecular formula is C81H46N6S3. The van der Waals surface area contributed by atoms with E-state index in [2.05, 4.69) is 293 Å². The van der Waals surface area contributed by atoms with Gasteiger partial charge in [-0.3, -0.25) is 9.13 Å². The van der Waals surface area contributed by atoms with Crippen molar-refractivity contribution in [2.45, 2.75) is 0 Å². The predicted molar refractivity (Wildman–Crippen MR) is 383 cm³/mol. The smallest absolute Gasteiger partial charge is 0.240 e. The minimum Gasteiger partial charge on any atom is -0.309 e. The number of rotatable bonds is 7. The van der Waals surface area contributed by atoms with Crippen molar-refractivity contribution < 1.29 is 0 Å². The summed E-state index contributed by atoms with van der Waals surface area (Å²) in [6, 6.07) is 102. The van der Waals surface area contributed by atoms with E-state index in [-0.39, 0.29) is 0 Å². The molecule has 7 heterocycles. The van der Waals surface area contributed by atoms with Crippen LogP contribution in [0.25, 0.3) is 188 Å². The highest BCUT2D eigenvalue weighted by molar-refractivity contribution is 7.26. The Labute approximate surface area is 526 Å². The molecule has 6 nitrogen and oxygen atoms in total. The molecule has 0 saturated carbocycles. The van der Waals surface area contributed by atoms with Crippen molar-refractivity contribution in [2.75, 3.05) is 0 Å². The average Bonchev–Trinajstić information content (AvgIpc) is 1.61. The molecular weight excluding hydrogens is 1150 g/mol. The number of thiophene rings is 3. The van der Waals surface area contributed by atoms with Gasteiger partial charge in [-0.25, -0.2) is 0 Å². The highest BCUT2D eigenvalue weighted by Gasteiger charge is 2.24. The van der Waals surface area contributed by atoms with Crippen molar-refractivity contribution in [3.05, 3.63) is 279 Å². The van der Waals surface area contributed by atoms with Gasteiger partial charge in [-0.2, -0.15) is 15.0 Å². The summed E-state index contributed by atoms with van der Waals surface area (Å²) in [4.78, 5) is 17.0. The van der Waals surface area contributed by atoms with Crippen LogP contribution in [0.15, 0.2) is 279 Å². The summed E-state index contributed by atoms with van der Waals surface area (Å²) in [5.74, 6) is 1.61. The van der Waals surface area contributed by atoms with Crippen LogP contribution in [0.4, 0.5) is 0 Å². The Hall–Kier alpha value is -11.1. The molecule has 0 aliphatic heterocycles. The first kappa shape index (κ1) is 50.0. The molecule has 20 aromatic rings. The molecule has 0 aliphatic rings. The van der Waals surface area contributed by atoms with E-state index in [1.807, 2.05) is 34.0 Å². The highest BCUT2D eigenvalue weighted by Crippen LogP contribution is 2.44. The summed E-state index contributed by atoms with van der Waals surface area (Å²) in [5, 5.41) is 14.6. The molecule has 0 radical (unpaired) electrons. The van der Waals surface area contributed by atoms with Gasteiger partial charge in [0, 0.05) is 104 Å². The zero-order valence-electron chi connectivity index (χ0n) is 48.0. The van der Waals surface area contributed by atoms with Crippen molar-refractivity contribution in [3.63, 3.8) is 0 Å². The van der Waals surface area contributed by atoms with Gasteiger partial charge < -0.3 is 4.57 Å². The van der Waals surface area contributed by atoms with E-state index in [1.165, 1.54) is 82.4 Å². The molecule has 90 heavy (non-hydrogen) atoms. The highest BCUT2D eigenvalue weighted by atomic mass is 32.1. The number of nitrogens with zero attached hydrogens (tertiary/aromatic N) is 6. The molecule has 0 unspecified atom stereocenters. The fraction of sp³-hybridized carbons (Fsp3) is 0. The number of hydrogen-bond donors (Lipinski definition) is 0. The van der Waals surface area contributed by atoms with E-state index in [0.717, 1.165) is 88.1 Å². The number of hydrogen-bond acceptors (Lipinski definition) is 6. The Morgan fingerprint density at radius 3 is 0.922 bits per heavy atom. The van der Waals surface area contributed by atoms with Gasteiger partial charge in [0.05, 0.1) is 33.1 Å². The summed E-state index contributed by atoms with van der Waals surface area (Å²) in [6.07, 6.45) is 0. The second-order valence-electron chi connectivity index (χ2n) is 23.5. The van der Waals surface area contributed by atoms with Gasteiger partial charge in [-0.05, 0) is 118 Å². The third kappa shape index (κ3) is 7.52.